The van der Waals surface area contributed by atoms with Crippen molar-refractivity contribution in [3.63, 3.8) is 0 Å². The van der Waals surface area contributed by atoms with Gasteiger partial charge in [-0.05, 0) is 32.8 Å². The fourth-order valence-electron chi connectivity index (χ4n) is 3.17. The third-order valence-corrected chi connectivity index (χ3v) is 4.89. The lowest BCUT2D eigenvalue weighted by Gasteiger charge is -2.21. The number of oxime groups is 1. The number of unbranched alkanes of at least 4 members (excludes halogenated alkanes) is 2. The molecule has 2 atom stereocenters. The Bertz CT molecular complexity index is 809. The zero-order valence-electron chi connectivity index (χ0n) is 18.3. The molecule has 0 aromatic carbocycles. The van der Waals surface area contributed by atoms with Crippen LogP contribution in [0.1, 0.15) is 46.0 Å². The lowest BCUT2D eigenvalue weighted by molar-refractivity contribution is -0.122. The van der Waals surface area contributed by atoms with Crippen molar-refractivity contribution < 1.29 is 19.1 Å². The number of aliphatic imine (C=N–C) groups is 1. The van der Waals surface area contributed by atoms with Gasteiger partial charge >= 0.3 is 0 Å². The Morgan fingerprint density at radius 2 is 2.16 bits per heavy atom. The maximum atomic E-state index is 13.5. The highest BCUT2D eigenvalue weighted by atomic mass is 19.1. The third kappa shape index (κ3) is 8.45. The van der Waals surface area contributed by atoms with Crippen LogP contribution in [0.2, 0.25) is 0 Å². The van der Waals surface area contributed by atoms with E-state index in [0.29, 0.717) is 18.7 Å². The van der Waals surface area contributed by atoms with Gasteiger partial charge in [0.1, 0.15) is 17.8 Å². The number of halogens is 1. The minimum atomic E-state index is -0.359. The van der Waals surface area contributed by atoms with Crippen LogP contribution in [-0.2, 0) is 9.63 Å². The molecule has 0 fully saturated rings. The lowest BCUT2D eigenvalue weighted by Crippen LogP contribution is -2.36. The Kier molecular flexibility index (Phi) is 10.6. The zero-order valence-corrected chi connectivity index (χ0v) is 18.3. The molecule has 7 heteroatoms. The number of nitrogens with zero attached hydrogens (tertiary/aromatic N) is 3. The summed E-state index contributed by atoms with van der Waals surface area (Å²) in [5, 5.41) is 13.2. The summed E-state index contributed by atoms with van der Waals surface area (Å²) in [7, 11) is 0. The van der Waals surface area contributed by atoms with Gasteiger partial charge in [-0.1, -0.05) is 48.0 Å². The second kappa shape index (κ2) is 13.5. The molecule has 0 saturated heterocycles. The SMILES string of the molecule is C/C=C(F)\C=C/CN1C(=O)/C=C/C=CC(C2=NOC(C)C2)/C=C/N=C1CCCCCO. The first-order valence-corrected chi connectivity index (χ1v) is 10.8. The second-order valence-corrected chi connectivity index (χ2v) is 7.42. The fraction of sp³-hybridized carbons (Fsp3) is 0.458. The minimum absolute atomic E-state index is 0.0533. The predicted molar refractivity (Wildman–Crippen MR) is 122 cm³/mol. The van der Waals surface area contributed by atoms with Gasteiger partial charge in [0.2, 0.25) is 0 Å². The predicted octanol–water partition coefficient (Wildman–Crippen LogP) is 4.62. The Morgan fingerprint density at radius 1 is 1.32 bits per heavy atom. The molecule has 2 rings (SSSR count). The summed E-state index contributed by atoms with van der Waals surface area (Å²) < 4.78 is 13.5. The van der Waals surface area contributed by atoms with Crippen molar-refractivity contribution in [2.45, 2.75) is 52.1 Å². The Hall–Kier alpha value is -2.80. The smallest absolute Gasteiger partial charge is 0.252 e. The highest BCUT2D eigenvalue weighted by Crippen LogP contribution is 2.19. The van der Waals surface area contributed by atoms with Crippen molar-refractivity contribution in [2.75, 3.05) is 13.2 Å². The molecule has 0 aromatic rings. The summed E-state index contributed by atoms with van der Waals surface area (Å²) in [4.78, 5) is 24.3. The summed E-state index contributed by atoms with van der Waals surface area (Å²) in [6, 6.07) is 0. The van der Waals surface area contributed by atoms with Gasteiger partial charge in [0.05, 0.1) is 5.71 Å². The molecule has 0 saturated carbocycles. The van der Waals surface area contributed by atoms with Gasteiger partial charge in [-0.25, -0.2) is 9.38 Å². The van der Waals surface area contributed by atoms with E-state index in [4.69, 9.17) is 9.94 Å². The van der Waals surface area contributed by atoms with E-state index in [1.165, 1.54) is 18.2 Å². The van der Waals surface area contributed by atoms with E-state index in [9.17, 15) is 9.18 Å². The van der Waals surface area contributed by atoms with Crippen molar-refractivity contribution in [1.82, 2.24) is 4.90 Å². The van der Waals surface area contributed by atoms with Crippen LogP contribution in [0.3, 0.4) is 0 Å². The molecular weight excluding hydrogens is 397 g/mol. The van der Waals surface area contributed by atoms with E-state index < -0.39 is 0 Å². The number of carbonyl (C=O) groups excluding carboxylic acids is 1. The average Bonchev–Trinajstić information content (AvgIpc) is 3.19. The van der Waals surface area contributed by atoms with Crippen molar-refractivity contribution in [3.05, 3.63) is 60.6 Å². The standard InChI is InChI=1S/C24H32FN3O3/c1-3-21(25)11-9-16-28-23(12-5-4-8-17-29)26-15-14-20(10-6-7-13-24(28)30)22-18-19(2)31-27-22/h3,6-7,9-11,13-15,19-20,29H,4-5,8,12,16-18H2,1-2H3/b10-6?,11-9-,13-7+,15-14+,21-3+,26-23?. The first-order chi connectivity index (χ1) is 15.0. The first kappa shape index (κ1) is 24.5. The van der Waals surface area contributed by atoms with Gasteiger partial charge in [0.15, 0.2) is 0 Å². The van der Waals surface area contributed by atoms with Crippen LogP contribution in [0.4, 0.5) is 4.39 Å². The third-order valence-electron chi connectivity index (χ3n) is 4.89. The number of aliphatic hydroxyl groups is 1. The van der Waals surface area contributed by atoms with E-state index in [0.717, 1.165) is 25.0 Å². The molecule has 168 valence electrons. The molecule has 2 aliphatic heterocycles. The van der Waals surface area contributed by atoms with Gasteiger partial charge in [-0.2, -0.15) is 0 Å². The Morgan fingerprint density at radius 3 is 2.87 bits per heavy atom. The van der Waals surface area contributed by atoms with Gasteiger partial charge in [0.25, 0.3) is 5.91 Å². The molecule has 0 aliphatic carbocycles. The molecule has 0 spiro atoms. The number of amides is 1. The van der Waals surface area contributed by atoms with Crippen LogP contribution < -0.4 is 0 Å². The van der Waals surface area contributed by atoms with Crippen molar-refractivity contribution in [1.29, 1.82) is 0 Å². The maximum absolute atomic E-state index is 13.5. The van der Waals surface area contributed by atoms with Gasteiger partial charge in [-0.3, -0.25) is 9.69 Å². The second-order valence-electron chi connectivity index (χ2n) is 7.42. The molecule has 31 heavy (non-hydrogen) atoms. The van der Waals surface area contributed by atoms with E-state index >= 15 is 0 Å². The average molecular weight is 430 g/mol. The van der Waals surface area contributed by atoms with E-state index in [1.807, 2.05) is 25.2 Å². The van der Waals surface area contributed by atoms with E-state index in [1.54, 1.807) is 30.2 Å². The summed E-state index contributed by atoms with van der Waals surface area (Å²) in [5.41, 5.74) is 0.917. The van der Waals surface area contributed by atoms with Crippen molar-refractivity contribution in [3.8, 4) is 0 Å². The van der Waals surface area contributed by atoms with Crippen LogP contribution >= 0.6 is 0 Å². The van der Waals surface area contributed by atoms with E-state index in [-0.39, 0.29) is 36.9 Å². The first-order valence-electron chi connectivity index (χ1n) is 10.8. The van der Waals surface area contributed by atoms with E-state index in [2.05, 4.69) is 10.1 Å². The molecule has 0 radical (unpaired) electrons. The Labute approximate surface area is 183 Å². The summed E-state index contributed by atoms with van der Waals surface area (Å²) in [6.45, 7) is 3.93. The normalized spacial score (nSPS) is 24.6. The summed E-state index contributed by atoms with van der Waals surface area (Å²) in [5.74, 6) is -0.0489. The van der Waals surface area contributed by atoms with Crippen molar-refractivity contribution >= 4 is 17.5 Å². The molecular formula is C24H32FN3O3. The maximum Gasteiger partial charge on any atom is 0.252 e. The fourth-order valence-corrected chi connectivity index (χ4v) is 3.17. The number of allylic oxidation sites excluding steroid dienone is 7. The lowest BCUT2D eigenvalue weighted by atomic mass is 9.98. The molecule has 1 N–H and O–H groups in total. The number of rotatable bonds is 9. The van der Waals surface area contributed by atoms with Crippen LogP contribution in [0, 0.1) is 5.92 Å². The molecule has 1 amide bonds. The van der Waals surface area contributed by atoms with Crippen LogP contribution in [0.25, 0.3) is 0 Å². The molecule has 2 heterocycles. The van der Waals surface area contributed by atoms with Crippen LogP contribution in [-0.4, -0.2) is 46.7 Å². The largest absolute Gasteiger partial charge is 0.396 e. The number of hydrogen-bond donors (Lipinski definition) is 1. The molecule has 0 aromatic heterocycles. The summed E-state index contributed by atoms with van der Waals surface area (Å²) >= 11 is 0. The molecule has 0 bridgehead atoms. The van der Waals surface area contributed by atoms with Crippen LogP contribution in [0.15, 0.2) is 70.8 Å². The van der Waals surface area contributed by atoms with Gasteiger partial charge < -0.3 is 9.94 Å². The Balaban J connectivity index is 2.28. The highest BCUT2D eigenvalue weighted by Gasteiger charge is 2.21. The molecule has 2 aliphatic rings. The highest BCUT2D eigenvalue weighted by molar-refractivity contribution is 6.03. The number of hydrogen-bond acceptors (Lipinski definition) is 5. The number of aliphatic hydroxyl groups excluding tert-OH is 1. The monoisotopic (exact) mass is 429 g/mol. The van der Waals surface area contributed by atoms with Gasteiger partial charge in [-0.15, -0.1) is 0 Å². The van der Waals surface area contributed by atoms with Crippen molar-refractivity contribution in [2.24, 2.45) is 16.1 Å². The molecule has 2 unspecified atom stereocenters. The topological polar surface area (TPSA) is 74.5 Å². The van der Waals surface area contributed by atoms with Gasteiger partial charge in [0, 0.05) is 44.2 Å². The number of carbonyl (C=O) groups is 1. The number of amidine groups is 1. The zero-order chi connectivity index (χ0) is 22.5. The minimum Gasteiger partial charge on any atom is -0.396 e. The van der Waals surface area contributed by atoms with Crippen LogP contribution in [0.5, 0.6) is 0 Å². The quantitative estimate of drug-likeness (QED) is 0.429. The summed E-state index contributed by atoms with van der Waals surface area (Å²) in [6.07, 6.45) is 18.6. The molecule has 6 nitrogen and oxygen atoms in total.